The van der Waals surface area contributed by atoms with Crippen molar-refractivity contribution in [1.29, 1.82) is 0 Å². The quantitative estimate of drug-likeness (QED) is 0.403. The van der Waals surface area contributed by atoms with Gasteiger partial charge in [-0.05, 0) is 23.3 Å². The molecule has 0 radical (unpaired) electrons. The second kappa shape index (κ2) is 12.1. The summed E-state index contributed by atoms with van der Waals surface area (Å²) < 4.78 is 4.76. The van der Waals surface area contributed by atoms with E-state index in [1.54, 1.807) is 12.1 Å². The molecule has 9 heteroatoms. The molecule has 0 saturated carbocycles. The SMILES string of the molecule is COC(=O)[C@H](Cc1ccc(O)cc1)NC(=O)CC(NC(C)=O)C(=O)NCc1ccccc1. The highest BCUT2D eigenvalue weighted by Gasteiger charge is 2.27. The van der Waals surface area contributed by atoms with Gasteiger partial charge in [-0.1, -0.05) is 42.5 Å². The van der Waals surface area contributed by atoms with Gasteiger partial charge in [-0.3, -0.25) is 14.4 Å². The number of aromatic hydroxyl groups is 1. The highest BCUT2D eigenvalue weighted by molar-refractivity contribution is 5.92. The summed E-state index contributed by atoms with van der Waals surface area (Å²) in [5.74, 6) is -2.17. The minimum Gasteiger partial charge on any atom is -0.508 e. The number of phenols is 1. The van der Waals surface area contributed by atoms with Crippen LogP contribution in [0, 0.1) is 0 Å². The molecule has 0 heterocycles. The van der Waals surface area contributed by atoms with E-state index in [4.69, 9.17) is 4.74 Å². The minimum absolute atomic E-state index is 0.0760. The number of rotatable bonds is 10. The summed E-state index contributed by atoms with van der Waals surface area (Å²) in [5, 5.41) is 17.1. The van der Waals surface area contributed by atoms with Gasteiger partial charge < -0.3 is 25.8 Å². The van der Waals surface area contributed by atoms with Gasteiger partial charge in [0.05, 0.1) is 13.5 Å². The molecule has 170 valence electrons. The Hall–Kier alpha value is -3.88. The van der Waals surface area contributed by atoms with Crippen LogP contribution in [0.5, 0.6) is 5.75 Å². The van der Waals surface area contributed by atoms with Crippen LogP contribution in [0.3, 0.4) is 0 Å². The molecule has 0 aliphatic heterocycles. The fraction of sp³-hybridized carbons (Fsp3) is 0.304. The molecule has 0 aromatic heterocycles. The Labute approximate surface area is 186 Å². The van der Waals surface area contributed by atoms with Gasteiger partial charge in [-0.2, -0.15) is 0 Å². The number of hydrogen-bond acceptors (Lipinski definition) is 6. The van der Waals surface area contributed by atoms with Gasteiger partial charge in [0.15, 0.2) is 0 Å². The number of carbonyl (C=O) groups excluding carboxylic acids is 4. The lowest BCUT2D eigenvalue weighted by Crippen LogP contribution is -2.50. The zero-order valence-corrected chi connectivity index (χ0v) is 18.0. The van der Waals surface area contributed by atoms with Gasteiger partial charge in [-0.25, -0.2) is 4.79 Å². The van der Waals surface area contributed by atoms with Crippen LogP contribution < -0.4 is 16.0 Å². The number of esters is 1. The Morgan fingerprint density at radius 1 is 0.906 bits per heavy atom. The molecule has 0 fully saturated rings. The molecule has 0 bridgehead atoms. The molecule has 2 atom stereocenters. The summed E-state index contributed by atoms with van der Waals surface area (Å²) >= 11 is 0. The summed E-state index contributed by atoms with van der Waals surface area (Å²) in [5.41, 5.74) is 1.56. The van der Waals surface area contributed by atoms with Crippen molar-refractivity contribution >= 4 is 23.7 Å². The van der Waals surface area contributed by atoms with Crippen LogP contribution in [0.2, 0.25) is 0 Å². The van der Waals surface area contributed by atoms with E-state index in [0.717, 1.165) is 5.56 Å². The number of ether oxygens (including phenoxy) is 1. The van der Waals surface area contributed by atoms with Gasteiger partial charge in [0, 0.05) is 19.9 Å². The van der Waals surface area contributed by atoms with Gasteiger partial charge in [0.2, 0.25) is 17.7 Å². The summed E-state index contributed by atoms with van der Waals surface area (Å²) in [4.78, 5) is 48.8. The standard InChI is InChI=1S/C23H27N3O6/c1-15(27)25-19(22(30)24-14-17-6-4-3-5-7-17)13-21(29)26-20(23(31)32-2)12-16-8-10-18(28)11-9-16/h3-11,19-20,28H,12-14H2,1-2H3,(H,24,30)(H,25,27)(H,26,29)/t19?,20-/m0/s1. The van der Waals surface area contributed by atoms with Crippen molar-refractivity contribution in [3.8, 4) is 5.75 Å². The number of nitrogens with one attached hydrogen (secondary N) is 3. The molecular formula is C23H27N3O6. The average molecular weight is 441 g/mol. The van der Waals surface area contributed by atoms with Crippen molar-refractivity contribution in [3.05, 3.63) is 65.7 Å². The summed E-state index contributed by atoms with van der Waals surface area (Å²) in [6.45, 7) is 1.49. The molecule has 2 aromatic rings. The van der Waals surface area contributed by atoms with E-state index in [2.05, 4.69) is 16.0 Å². The zero-order valence-electron chi connectivity index (χ0n) is 18.0. The molecule has 0 aliphatic rings. The van der Waals surface area contributed by atoms with E-state index < -0.39 is 35.8 Å². The third-order valence-electron chi connectivity index (χ3n) is 4.59. The number of hydrogen-bond donors (Lipinski definition) is 4. The van der Waals surface area contributed by atoms with Crippen LogP contribution in [0.15, 0.2) is 54.6 Å². The first-order valence-electron chi connectivity index (χ1n) is 10.0. The molecule has 0 aliphatic carbocycles. The molecule has 3 amide bonds. The maximum Gasteiger partial charge on any atom is 0.328 e. The first-order chi connectivity index (χ1) is 15.3. The van der Waals surface area contributed by atoms with Gasteiger partial charge in [-0.15, -0.1) is 0 Å². The first-order valence-corrected chi connectivity index (χ1v) is 10.0. The fourth-order valence-corrected chi connectivity index (χ4v) is 3.00. The third kappa shape index (κ3) is 8.10. The van der Waals surface area contributed by atoms with E-state index in [0.29, 0.717) is 5.56 Å². The lowest BCUT2D eigenvalue weighted by atomic mass is 10.0. The zero-order chi connectivity index (χ0) is 23.5. The number of methoxy groups -OCH3 is 1. The monoisotopic (exact) mass is 441 g/mol. The summed E-state index contributed by atoms with van der Waals surface area (Å²) in [6.07, 6.45) is -0.229. The molecule has 2 rings (SSSR count). The highest BCUT2D eigenvalue weighted by Crippen LogP contribution is 2.12. The third-order valence-corrected chi connectivity index (χ3v) is 4.59. The summed E-state index contributed by atoms with van der Waals surface area (Å²) in [6, 6.07) is 13.3. The van der Waals surface area contributed by atoms with Crippen LogP contribution in [-0.4, -0.2) is 48.0 Å². The molecule has 0 saturated heterocycles. The smallest absolute Gasteiger partial charge is 0.328 e. The average Bonchev–Trinajstić information content (AvgIpc) is 2.77. The predicted octanol–water partition coefficient (Wildman–Crippen LogP) is 0.804. The molecule has 1 unspecified atom stereocenters. The normalized spacial score (nSPS) is 12.2. The Balaban J connectivity index is 2.02. The Bertz CT molecular complexity index is 931. The van der Waals surface area contributed by atoms with Crippen molar-refractivity contribution in [2.75, 3.05) is 7.11 Å². The molecule has 9 nitrogen and oxygen atoms in total. The molecule has 4 N–H and O–H groups in total. The van der Waals surface area contributed by atoms with Crippen molar-refractivity contribution in [2.45, 2.75) is 38.4 Å². The van der Waals surface area contributed by atoms with Gasteiger partial charge in [0.1, 0.15) is 17.8 Å². The maximum absolute atomic E-state index is 12.6. The van der Waals surface area contributed by atoms with E-state index in [1.807, 2.05) is 30.3 Å². The summed E-state index contributed by atoms with van der Waals surface area (Å²) in [7, 11) is 1.20. The Morgan fingerprint density at radius 2 is 1.56 bits per heavy atom. The Kier molecular flexibility index (Phi) is 9.22. The van der Waals surface area contributed by atoms with Crippen molar-refractivity contribution in [3.63, 3.8) is 0 Å². The van der Waals surface area contributed by atoms with E-state index >= 15 is 0 Å². The second-order valence-corrected chi connectivity index (χ2v) is 7.17. The first kappa shape index (κ1) is 24.4. The predicted molar refractivity (Wildman–Crippen MR) is 116 cm³/mol. The minimum atomic E-state index is -1.11. The van der Waals surface area contributed by atoms with Crippen molar-refractivity contribution < 1.29 is 29.0 Å². The van der Waals surface area contributed by atoms with E-state index in [9.17, 15) is 24.3 Å². The lowest BCUT2D eigenvalue weighted by Gasteiger charge is -2.20. The largest absolute Gasteiger partial charge is 0.508 e. The molecule has 2 aromatic carbocycles. The number of carbonyl (C=O) groups is 4. The van der Waals surface area contributed by atoms with E-state index in [1.165, 1.54) is 26.2 Å². The van der Waals surface area contributed by atoms with Gasteiger partial charge >= 0.3 is 5.97 Å². The maximum atomic E-state index is 12.6. The number of phenolic OH excluding ortho intramolecular Hbond substituents is 1. The number of benzene rings is 2. The van der Waals surface area contributed by atoms with Crippen LogP contribution in [0.1, 0.15) is 24.5 Å². The number of amides is 3. The van der Waals surface area contributed by atoms with Crippen LogP contribution >= 0.6 is 0 Å². The topological polar surface area (TPSA) is 134 Å². The second-order valence-electron chi connectivity index (χ2n) is 7.17. The molecular weight excluding hydrogens is 414 g/mol. The highest BCUT2D eigenvalue weighted by atomic mass is 16.5. The fourth-order valence-electron chi connectivity index (χ4n) is 3.00. The Morgan fingerprint density at radius 3 is 2.16 bits per heavy atom. The molecule has 0 spiro atoms. The lowest BCUT2D eigenvalue weighted by molar-refractivity contribution is -0.145. The van der Waals surface area contributed by atoms with Crippen LogP contribution in [-0.2, 0) is 36.9 Å². The van der Waals surface area contributed by atoms with Crippen LogP contribution in [0.25, 0.3) is 0 Å². The van der Waals surface area contributed by atoms with Gasteiger partial charge in [0.25, 0.3) is 0 Å². The van der Waals surface area contributed by atoms with Crippen molar-refractivity contribution in [1.82, 2.24) is 16.0 Å². The van der Waals surface area contributed by atoms with Crippen molar-refractivity contribution in [2.24, 2.45) is 0 Å². The van der Waals surface area contributed by atoms with Crippen LogP contribution in [0.4, 0.5) is 0 Å². The molecule has 32 heavy (non-hydrogen) atoms. The van der Waals surface area contributed by atoms with E-state index in [-0.39, 0.29) is 25.1 Å².